The van der Waals surface area contributed by atoms with Gasteiger partial charge in [-0.25, -0.2) is 0 Å². The van der Waals surface area contributed by atoms with Crippen molar-refractivity contribution in [1.82, 2.24) is 4.90 Å². The Bertz CT molecular complexity index is 869. The summed E-state index contributed by atoms with van der Waals surface area (Å²) in [5, 5.41) is 11.3. The molecule has 0 bridgehead atoms. The SMILES string of the molecule is Cc1ccc(C(=O)C[C@]2(O)C(=O)N(CN3CCCCC3)c3ccccc32)o1. The van der Waals surface area contributed by atoms with E-state index in [1.54, 1.807) is 36.1 Å². The summed E-state index contributed by atoms with van der Waals surface area (Å²) in [7, 11) is 0. The maximum Gasteiger partial charge on any atom is 0.265 e. The first-order valence-corrected chi connectivity index (χ1v) is 9.45. The lowest BCUT2D eigenvalue weighted by molar-refractivity contribution is -0.136. The average molecular weight is 368 g/mol. The summed E-state index contributed by atoms with van der Waals surface area (Å²) >= 11 is 0. The minimum absolute atomic E-state index is 0.167. The number of para-hydroxylation sites is 1. The number of fused-ring (bicyclic) bond motifs is 1. The van der Waals surface area contributed by atoms with Gasteiger partial charge in [-0.3, -0.25) is 19.4 Å². The Labute approximate surface area is 158 Å². The van der Waals surface area contributed by atoms with Crippen molar-refractivity contribution in [2.24, 2.45) is 0 Å². The molecule has 6 heteroatoms. The van der Waals surface area contributed by atoms with Crippen LogP contribution < -0.4 is 4.90 Å². The van der Waals surface area contributed by atoms with Gasteiger partial charge in [-0.2, -0.15) is 0 Å². The van der Waals surface area contributed by atoms with Crippen LogP contribution >= 0.6 is 0 Å². The molecule has 1 aromatic heterocycles. The van der Waals surface area contributed by atoms with E-state index in [2.05, 4.69) is 4.90 Å². The molecule has 0 saturated carbocycles. The summed E-state index contributed by atoms with van der Waals surface area (Å²) in [5.74, 6) is -0.0321. The Morgan fingerprint density at radius 2 is 1.89 bits per heavy atom. The number of ketones is 1. The van der Waals surface area contributed by atoms with Crippen LogP contribution in [0.3, 0.4) is 0 Å². The van der Waals surface area contributed by atoms with Crippen LogP contribution in [0.5, 0.6) is 0 Å². The normalized spacial score (nSPS) is 22.9. The van der Waals surface area contributed by atoms with Gasteiger partial charge in [0.25, 0.3) is 5.91 Å². The van der Waals surface area contributed by atoms with Gasteiger partial charge in [-0.15, -0.1) is 0 Å². The monoisotopic (exact) mass is 368 g/mol. The van der Waals surface area contributed by atoms with Crippen LogP contribution in [0.25, 0.3) is 0 Å². The summed E-state index contributed by atoms with van der Waals surface area (Å²) < 4.78 is 5.38. The molecule has 1 amide bonds. The number of hydrogen-bond acceptors (Lipinski definition) is 5. The van der Waals surface area contributed by atoms with Crippen LogP contribution in [0.1, 0.15) is 47.6 Å². The van der Waals surface area contributed by atoms with Gasteiger partial charge in [0.15, 0.2) is 11.4 Å². The van der Waals surface area contributed by atoms with E-state index in [9.17, 15) is 14.7 Å². The molecule has 1 fully saturated rings. The first-order chi connectivity index (χ1) is 13.0. The standard InChI is InChI=1S/C21H24N2O4/c1-15-9-10-19(27-15)18(24)13-21(26)16-7-3-4-8-17(16)23(20(21)25)14-22-11-5-2-6-12-22/h3-4,7-10,26H,2,5-6,11-14H2,1H3/t21-/m1/s1. The van der Waals surface area contributed by atoms with Gasteiger partial charge < -0.3 is 9.52 Å². The lowest BCUT2D eigenvalue weighted by atomic mass is 9.89. The predicted octanol–water partition coefficient (Wildman–Crippen LogP) is 2.84. The number of carbonyl (C=O) groups is 2. The molecule has 1 N–H and O–H groups in total. The number of aryl methyl sites for hydroxylation is 1. The lowest BCUT2D eigenvalue weighted by Crippen LogP contribution is -2.47. The van der Waals surface area contributed by atoms with E-state index in [0.717, 1.165) is 25.9 Å². The van der Waals surface area contributed by atoms with Gasteiger partial charge in [0.2, 0.25) is 5.78 Å². The highest BCUT2D eigenvalue weighted by molar-refractivity contribution is 6.10. The molecule has 1 aromatic carbocycles. The first-order valence-electron chi connectivity index (χ1n) is 9.45. The number of likely N-dealkylation sites (tertiary alicyclic amines) is 1. The number of nitrogens with zero attached hydrogens (tertiary/aromatic N) is 2. The fourth-order valence-electron chi connectivity index (χ4n) is 4.02. The highest BCUT2D eigenvalue weighted by atomic mass is 16.3. The van der Waals surface area contributed by atoms with E-state index in [4.69, 9.17) is 4.42 Å². The van der Waals surface area contributed by atoms with Crippen molar-refractivity contribution in [3.05, 3.63) is 53.5 Å². The van der Waals surface area contributed by atoms with Crippen molar-refractivity contribution in [3.8, 4) is 0 Å². The highest BCUT2D eigenvalue weighted by Gasteiger charge is 2.51. The molecule has 3 heterocycles. The van der Waals surface area contributed by atoms with E-state index < -0.39 is 11.5 Å². The molecule has 0 radical (unpaired) electrons. The van der Waals surface area contributed by atoms with E-state index in [0.29, 0.717) is 23.7 Å². The van der Waals surface area contributed by atoms with E-state index in [-0.39, 0.29) is 18.0 Å². The van der Waals surface area contributed by atoms with E-state index in [1.807, 2.05) is 12.1 Å². The van der Waals surface area contributed by atoms with Crippen molar-refractivity contribution in [3.63, 3.8) is 0 Å². The maximum absolute atomic E-state index is 13.2. The third-order valence-corrected chi connectivity index (χ3v) is 5.46. The number of furan rings is 1. The van der Waals surface area contributed by atoms with Crippen LogP contribution in [-0.2, 0) is 10.4 Å². The maximum atomic E-state index is 13.2. The zero-order chi connectivity index (χ0) is 19.0. The predicted molar refractivity (Wildman–Crippen MR) is 101 cm³/mol. The van der Waals surface area contributed by atoms with Crippen LogP contribution in [0.2, 0.25) is 0 Å². The second-order valence-corrected chi connectivity index (χ2v) is 7.44. The minimum Gasteiger partial charge on any atom is -0.458 e. The molecule has 0 unspecified atom stereocenters. The van der Waals surface area contributed by atoms with Crippen molar-refractivity contribution in [1.29, 1.82) is 0 Å². The Hall–Kier alpha value is -2.44. The fourth-order valence-corrected chi connectivity index (χ4v) is 4.02. The Kier molecular flexibility index (Phi) is 4.61. The quantitative estimate of drug-likeness (QED) is 0.822. The molecule has 0 aliphatic carbocycles. The topological polar surface area (TPSA) is 74.0 Å². The second kappa shape index (κ2) is 6.94. The third kappa shape index (κ3) is 3.19. The molecule has 27 heavy (non-hydrogen) atoms. The van der Waals surface area contributed by atoms with E-state index in [1.165, 1.54) is 6.42 Å². The Morgan fingerprint density at radius 1 is 1.15 bits per heavy atom. The number of amides is 1. The number of carbonyl (C=O) groups excluding carboxylic acids is 2. The number of anilines is 1. The largest absolute Gasteiger partial charge is 0.458 e. The molecule has 2 aliphatic rings. The number of hydrogen-bond donors (Lipinski definition) is 1. The third-order valence-electron chi connectivity index (χ3n) is 5.46. The van der Waals surface area contributed by atoms with Gasteiger partial charge in [-0.05, 0) is 51.1 Å². The van der Waals surface area contributed by atoms with Crippen molar-refractivity contribution in [2.75, 3.05) is 24.7 Å². The second-order valence-electron chi connectivity index (χ2n) is 7.44. The molecule has 4 rings (SSSR count). The van der Waals surface area contributed by atoms with Crippen LogP contribution in [-0.4, -0.2) is 41.5 Å². The summed E-state index contributed by atoms with van der Waals surface area (Å²) in [6.45, 7) is 4.07. The van der Waals surface area contributed by atoms with Crippen molar-refractivity contribution < 1.29 is 19.1 Å². The molecule has 0 spiro atoms. The summed E-state index contributed by atoms with van der Waals surface area (Å²) in [4.78, 5) is 29.7. The number of rotatable bonds is 5. The molecule has 1 saturated heterocycles. The van der Waals surface area contributed by atoms with Crippen molar-refractivity contribution >= 4 is 17.4 Å². The average Bonchev–Trinajstić information content (AvgIpc) is 3.20. The van der Waals surface area contributed by atoms with Gasteiger partial charge in [0.05, 0.1) is 18.8 Å². The molecular formula is C21H24N2O4. The molecule has 1 atom stereocenters. The molecular weight excluding hydrogens is 344 g/mol. The zero-order valence-electron chi connectivity index (χ0n) is 15.5. The zero-order valence-corrected chi connectivity index (χ0v) is 15.5. The number of benzene rings is 1. The van der Waals surface area contributed by atoms with Gasteiger partial charge in [-0.1, -0.05) is 24.6 Å². The van der Waals surface area contributed by atoms with E-state index >= 15 is 0 Å². The number of piperidine rings is 1. The molecule has 142 valence electrons. The van der Waals surface area contributed by atoms with Crippen LogP contribution in [0.15, 0.2) is 40.8 Å². The van der Waals surface area contributed by atoms with Crippen LogP contribution in [0, 0.1) is 6.92 Å². The van der Waals surface area contributed by atoms with Gasteiger partial charge in [0.1, 0.15) is 5.76 Å². The fraction of sp³-hybridized carbons (Fsp3) is 0.429. The lowest BCUT2D eigenvalue weighted by Gasteiger charge is -2.31. The minimum atomic E-state index is -1.86. The molecule has 2 aliphatic heterocycles. The van der Waals surface area contributed by atoms with Crippen molar-refractivity contribution in [2.45, 2.75) is 38.2 Å². The number of Topliss-reactive ketones (excluding diaryl/α,β-unsaturated/α-hetero) is 1. The van der Waals surface area contributed by atoms with Gasteiger partial charge >= 0.3 is 0 Å². The Morgan fingerprint density at radius 3 is 2.59 bits per heavy atom. The highest BCUT2D eigenvalue weighted by Crippen LogP contribution is 2.43. The Balaban J connectivity index is 1.62. The molecule has 2 aromatic rings. The summed E-state index contributed by atoms with van der Waals surface area (Å²) in [6.07, 6.45) is 3.11. The summed E-state index contributed by atoms with van der Waals surface area (Å²) in [6, 6.07) is 10.5. The number of aliphatic hydroxyl groups is 1. The van der Waals surface area contributed by atoms with Gasteiger partial charge in [0, 0.05) is 5.56 Å². The summed E-state index contributed by atoms with van der Waals surface area (Å²) in [5.41, 5.74) is -0.688. The first kappa shape index (κ1) is 17.9. The smallest absolute Gasteiger partial charge is 0.265 e. The molecule has 6 nitrogen and oxygen atoms in total. The van der Waals surface area contributed by atoms with Crippen LogP contribution in [0.4, 0.5) is 5.69 Å².